The minimum absolute atomic E-state index is 0.103. The molecule has 0 saturated heterocycles. The Kier molecular flexibility index (Phi) is 6.30. The van der Waals surface area contributed by atoms with E-state index in [4.69, 9.17) is 13.9 Å². The van der Waals surface area contributed by atoms with Gasteiger partial charge in [0.15, 0.2) is 0 Å². The van der Waals surface area contributed by atoms with E-state index >= 15 is 0 Å². The highest BCUT2D eigenvalue weighted by Gasteiger charge is 2.36. The van der Waals surface area contributed by atoms with Crippen LogP contribution in [0.4, 0.5) is 4.79 Å². The SMILES string of the molecule is CCOC(=O)C1=C(COC(=O)c2cc3c(C)nn(-c4ccccc4)c3s2)NC(=O)NC1c1ccco1. The number of amides is 2. The number of thiophene rings is 1. The Morgan fingerprint density at radius 1 is 1.14 bits per heavy atom. The molecule has 36 heavy (non-hydrogen) atoms. The standard InChI is InChI=1S/C25H22N4O6S/c1-3-33-24(31)20-17(26-25(32)27-21(20)18-10-7-11-34-18)13-35-23(30)19-12-16-14(2)28-29(22(16)36-19)15-8-5-4-6-9-15/h4-12,21H,3,13H2,1-2H3,(H2,26,27,32). The minimum atomic E-state index is -0.884. The van der Waals surface area contributed by atoms with Crippen LogP contribution in [0, 0.1) is 6.92 Å². The summed E-state index contributed by atoms with van der Waals surface area (Å²) >= 11 is 1.25. The van der Waals surface area contributed by atoms with Gasteiger partial charge in [-0.2, -0.15) is 5.10 Å². The number of nitrogens with one attached hydrogen (secondary N) is 2. The number of aryl methyl sites for hydroxylation is 1. The van der Waals surface area contributed by atoms with Crippen molar-refractivity contribution in [2.45, 2.75) is 19.9 Å². The van der Waals surface area contributed by atoms with Crippen molar-refractivity contribution in [1.82, 2.24) is 20.4 Å². The molecular formula is C25H22N4O6S. The lowest BCUT2D eigenvalue weighted by Gasteiger charge is -2.27. The number of fused-ring (bicyclic) bond motifs is 1. The lowest BCUT2D eigenvalue weighted by Crippen LogP contribution is -2.47. The van der Waals surface area contributed by atoms with Gasteiger partial charge in [-0.3, -0.25) is 0 Å². The zero-order chi connectivity index (χ0) is 25.2. The number of hydrogen-bond donors (Lipinski definition) is 2. The molecule has 184 valence electrons. The second-order valence-electron chi connectivity index (χ2n) is 7.90. The molecule has 4 aromatic rings. The average molecular weight is 507 g/mol. The number of rotatable bonds is 7. The van der Waals surface area contributed by atoms with Gasteiger partial charge in [0.1, 0.15) is 28.1 Å². The molecular weight excluding hydrogens is 484 g/mol. The summed E-state index contributed by atoms with van der Waals surface area (Å²) < 4.78 is 17.9. The summed E-state index contributed by atoms with van der Waals surface area (Å²) in [5.74, 6) is -0.895. The molecule has 0 spiro atoms. The van der Waals surface area contributed by atoms with Crippen molar-refractivity contribution in [2.75, 3.05) is 13.2 Å². The Bertz CT molecular complexity index is 1470. The van der Waals surface area contributed by atoms with Gasteiger partial charge in [-0.25, -0.2) is 19.1 Å². The molecule has 0 aliphatic carbocycles. The van der Waals surface area contributed by atoms with E-state index in [1.54, 1.807) is 29.8 Å². The van der Waals surface area contributed by atoms with E-state index in [-0.39, 0.29) is 24.5 Å². The quantitative estimate of drug-likeness (QED) is 0.363. The van der Waals surface area contributed by atoms with Crippen molar-refractivity contribution in [3.05, 3.63) is 82.4 Å². The van der Waals surface area contributed by atoms with Crippen molar-refractivity contribution in [3.63, 3.8) is 0 Å². The fourth-order valence-corrected chi connectivity index (χ4v) is 5.03. The molecule has 0 fully saturated rings. The number of urea groups is 1. The molecule has 11 heteroatoms. The van der Waals surface area contributed by atoms with Gasteiger partial charge in [-0.1, -0.05) is 18.2 Å². The van der Waals surface area contributed by atoms with Gasteiger partial charge in [0.2, 0.25) is 0 Å². The lowest BCUT2D eigenvalue weighted by atomic mass is 10.0. The van der Waals surface area contributed by atoms with Gasteiger partial charge >= 0.3 is 18.0 Å². The van der Waals surface area contributed by atoms with Crippen molar-refractivity contribution >= 4 is 39.5 Å². The maximum absolute atomic E-state index is 13.0. The number of ether oxygens (including phenoxy) is 2. The summed E-state index contributed by atoms with van der Waals surface area (Å²) in [7, 11) is 0. The molecule has 1 aliphatic heterocycles. The Balaban J connectivity index is 1.43. The van der Waals surface area contributed by atoms with Crippen molar-refractivity contribution < 1.29 is 28.3 Å². The second-order valence-corrected chi connectivity index (χ2v) is 8.93. The lowest BCUT2D eigenvalue weighted by molar-refractivity contribution is -0.139. The molecule has 5 rings (SSSR count). The first-order valence-corrected chi connectivity index (χ1v) is 12.0. The zero-order valence-corrected chi connectivity index (χ0v) is 20.3. The van der Waals surface area contributed by atoms with Gasteiger partial charge in [0, 0.05) is 5.39 Å². The van der Waals surface area contributed by atoms with Crippen LogP contribution in [-0.2, 0) is 14.3 Å². The first-order valence-electron chi connectivity index (χ1n) is 11.2. The fraction of sp³-hybridized carbons (Fsp3) is 0.200. The van der Waals surface area contributed by atoms with Gasteiger partial charge in [0.05, 0.1) is 35.5 Å². The molecule has 2 amide bonds. The number of nitrogens with zero attached hydrogens (tertiary/aromatic N) is 2. The van der Waals surface area contributed by atoms with Crippen molar-refractivity contribution in [3.8, 4) is 5.69 Å². The molecule has 1 aromatic carbocycles. The van der Waals surface area contributed by atoms with E-state index < -0.39 is 24.0 Å². The van der Waals surface area contributed by atoms with Crippen molar-refractivity contribution in [1.29, 1.82) is 0 Å². The van der Waals surface area contributed by atoms with E-state index in [0.29, 0.717) is 10.6 Å². The van der Waals surface area contributed by atoms with Crippen LogP contribution < -0.4 is 10.6 Å². The summed E-state index contributed by atoms with van der Waals surface area (Å²) in [5, 5.41) is 10.6. The second kappa shape index (κ2) is 9.70. The first kappa shape index (κ1) is 23.4. The summed E-state index contributed by atoms with van der Waals surface area (Å²) in [6.07, 6.45) is 1.44. The van der Waals surface area contributed by atoms with Gasteiger partial charge in [-0.15, -0.1) is 11.3 Å². The Morgan fingerprint density at radius 3 is 2.67 bits per heavy atom. The number of carbonyl (C=O) groups excluding carboxylic acids is 3. The molecule has 1 atom stereocenters. The predicted octanol–water partition coefficient (Wildman–Crippen LogP) is 4.02. The molecule has 0 radical (unpaired) electrons. The van der Waals surface area contributed by atoms with E-state index in [1.165, 1.54) is 17.6 Å². The van der Waals surface area contributed by atoms with E-state index in [0.717, 1.165) is 21.6 Å². The highest BCUT2D eigenvalue weighted by Crippen LogP contribution is 2.32. The van der Waals surface area contributed by atoms with Crippen LogP contribution in [-0.4, -0.2) is 41.0 Å². The van der Waals surface area contributed by atoms with Gasteiger partial charge < -0.3 is 24.5 Å². The number of aromatic nitrogens is 2. The largest absolute Gasteiger partial charge is 0.467 e. The van der Waals surface area contributed by atoms with Crippen LogP contribution in [0.25, 0.3) is 15.9 Å². The monoisotopic (exact) mass is 506 g/mol. The van der Waals surface area contributed by atoms with Crippen LogP contribution in [0.5, 0.6) is 0 Å². The summed E-state index contributed by atoms with van der Waals surface area (Å²) in [5.41, 5.74) is 1.89. The smallest absolute Gasteiger partial charge is 0.348 e. The summed E-state index contributed by atoms with van der Waals surface area (Å²) in [6, 6.07) is 13.2. The summed E-state index contributed by atoms with van der Waals surface area (Å²) in [6.45, 7) is 3.34. The molecule has 1 unspecified atom stereocenters. The van der Waals surface area contributed by atoms with Crippen LogP contribution >= 0.6 is 11.3 Å². The molecule has 4 heterocycles. The topological polar surface area (TPSA) is 125 Å². The highest BCUT2D eigenvalue weighted by molar-refractivity contribution is 7.20. The van der Waals surface area contributed by atoms with Gasteiger partial charge in [0.25, 0.3) is 0 Å². The third-order valence-corrected chi connectivity index (χ3v) is 6.66. The normalized spacial score (nSPS) is 15.5. The molecule has 2 N–H and O–H groups in total. The van der Waals surface area contributed by atoms with Crippen LogP contribution in [0.3, 0.4) is 0 Å². The Labute approximate surface area is 209 Å². The van der Waals surface area contributed by atoms with Gasteiger partial charge in [-0.05, 0) is 44.2 Å². The average Bonchev–Trinajstić information content (AvgIpc) is 3.62. The minimum Gasteiger partial charge on any atom is -0.467 e. The maximum atomic E-state index is 13.0. The third kappa shape index (κ3) is 4.36. The van der Waals surface area contributed by atoms with Crippen LogP contribution in [0.2, 0.25) is 0 Å². The molecule has 3 aromatic heterocycles. The van der Waals surface area contributed by atoms with E-state index in [2.05, 4.69) is 15.7 Å². The number of benzene rings is 1. The van der Waals surface area contributed by atoms with E-state index in [1.807, 2.05) is 37.3 Å². The van der Waals surface area contributed by atoms with Crippen molar-refractivity contribution in [2.24, 2.45) is 0 Å². The fourth-order valence-electron chi connectivity index (χ4n) is 3.95. The Hall–Kier alpha value is -4.38. The number of carbonyl (C=O) groups is 3. The molecule has 0 saturated carbocycles. The number of para-hydroxylation sites is 1. The predicted molar refractivity (Wildman–Crippen MR) is 131 cm³/mol. The summed E-state index contributed by atoms with van der Waals surface area (Å²) in [4.78, 5) is 39.2. The van der Waals surface area contributed by atoms with E-state index in [9.17, 15) is 14.4 Å². The molecule has 0 bridgehead atoms. The number of furan rings is 1. The Morgan fingerprint density at radius 2 is 1.94 bits per heavy atom. The highest BCUT2D eigenvalue weighted by atomic mass is 32.1. The first-order chi connectivity index (χ1) is 17.5. The number of esters is 2. The molecule has 10 nitrogen and oxygen atoms in total. The maximum Gasteiger partial charge on any atom is 0.348 e. The third-order valence-electron chi connectivity index (χ3n) is 5.57. The zero-order valence-electron chi connectivity index (χ0n) is 19.4. The van der Waals surface area contributed by atoms with Crippen LogP contribution in [0.1, 0.15) is 34.1 Å². The molecule has 1 aliphatic rings. The number of hydrogen-bond acceptors (Lipinski definition) is 8. The van der Waals surface area contributed by atoms with Crippen LogP contribution in [0.15, 0.2) is 70.5 Å².